The zero-order chi connectivity index (χ0) is 16.4. The summed E-state index contributed by atoms with van der Waals surface area (Å²) >= 11 is 12.1. The fourth-order valence-corrected chi connectivity index (χ4v) is 2.97. The minimum atomic E-state index is -0.363. The highest BCUT2D eigenvalue weighted by Crippen LogP contribution is 2.33. The van der Waals surface area contributed by atoms with Gasteiger partial charge in [0.1, 0.15) is 6.10 Å². The Morgan fingerprint density at radius 1 is 1.17 bits per heavy atom. The summed E-state index contributed by atoms with van der Waals surface area (Å²) in [6.45, 7) is 2.65. The summed E-state index contributed by atoms with van der Waals surface area (Å²) in [5, 5.41) is 3.97. The molecule has 1 N–H and O–H groups in total. The van der Waals surface area contributed by atoms with Crippen molar-refractivity contribution in [2.75, 3.05) is 11.9 Å². The normalized spacial score (nSPS) is 17.3. The van der Waals surface area contributed by atoms with Crippen molar-refractivity contribution in [3.8, 4) is 11.1 Å². The number of amides is 1. The van der Waals surface area contributed by atoms with Crippen LogP contribution >= 0.6 is 23.2 Å². The van der Waals surface area contributed by atoms with Crippen LogP contribution in [0.25, 0.3) is 11.1 Å². The largest absolute Gasteiger partial charge is 0.368 e. The summed E-state index contributed by atoms with van der Waals surface area (Å²) in [5.41, 5.74) is 3.66. The van der Waals surface area contributed by atoms with E-state index >= 15 is 0 Å². The number of carbonyl (C=O) groups excluding carboxylic acids is 1. The van der Waals surface area contributed by atoms with Gasteiger partial charge in [0.15, 0.2) is 0 Å². The van der Waals surface area contributed by atoms with Gasteiger partial charge in [-0.3, -0.25) is 4.79 Å². The number of hydrogen-bond donors (Lipinski definition) is 1. The van der Waals surface area contributed by atoms with Crippen LogP contribution in [0.3, 0.4) is 0 Å². The monoisotopic (exact) mass is 349 g/mol. The van der Waals surface area contributed by atoms with Crippen LogP contribution in [0, 0.1) is 6.92 Å². The average molecular weight is 350 g/mol. The van der Waals surface area contributed by atoms with E-state index in [1.807, 2.05) is 31.2 Å². The van der Waals surface area contributed by atoms with E-state index in [4.69, 9.17) is 27.9 Å². The highest BCUT2D eigenvalue weighted by molar-refractivity contribution is 6.42. The number of hydrogen-bond acceptors (Lipinski definition) is 2. The maximum atomic E-state index is 12.3. The first-order valence-corrected chi connectivity index (χ1v) is 8.29. The summed E-state index contributed by atoms with van der Waals surface area (Å²) in [4.78, 5) is 12.3. The highest BCUT2D eigenvalue weighted by Gasteiger charge is 2.24. The lowest BCUT2D eigenvalue weighted by atomic mass is 10.0. The molecule has 0 aliphatic carbocycles. The molecule has 3 rings (SSSR count). The van der Waals surface area contributed by atoms with E-state index in [9.17, 15) is 4.79 Å². The van der Waals surface area contributed by atoms with Crippen molar-refractivity contribution < 1.29 is 9.53 Å². The highest BCUT2D eigenvalue weighted by atomic mass is 35.5. The zero-order valence-corrected chi connectivity index (χ0v) is 14.2. The minimum absolute atomic E-state index is 0.104. The van der Waals surface area contributed by atoms with Crippen molar-refractivity contribution in [3.63, 3.8) is 0 Å². The number of anilines is 1. The molecule has 2 aromatic carbocycles. The molecule has 23 heavy (non-hydrogen) atoms. The molecule has 0 spiro atoms. The third-order valence-electron chi connectivity index (χ3n) is 3.89. The van der Waals surface area contributed by atoms with Gasteiger partial charge in [-0.25, -0.2) is 0 Å². The fraction of sp³-hybridized carbons (Fsp3) is 0.278. The predicted octanol–water partition coefficient (Wildman–Crippen LogP) is 5.09. The maximum absolute atomic E-state index is 12.3. The molecule has 1 heterocycles. The number of ether oxygens (including phenoxy) is 1. The van der Waals surface area contributed by atoms with E-state index < -0.39 is 0 Å². The van der Waals surface area contributed by atoms with Gasteiger partial charge in [-0.2, -0.15) is 0 Å². The van der Waals surface area contributed by atoms with Crippen LogP contribution in [-0.4, -0.2) is 18.6 Å². The van der Waals surface area contributed by atoms with E-state index in [0.717, 1.165) is 35.2 Å². The molecule has 0 aromatic heterocycles. The summed E-state index contributed by atoms with van der Waals surface area (Å²) in [5.74, 6) is -0.104. The molecule has 5 heteroatoms. The Balaban J connectivity index is 1.94. The van der Waals surface area contributed by atoms with Crippen molar-refractivity contribution in [2.45, 2.75) is 25.9 Å². The molecule has 1 aliphatic rings. The third kappa shape index (κ3) is 3.69. The lowest BCUT2D eigenvalue weighted by molar-refractivity contribution is -0.124. The molecule has 0 radical (unpaired) electrons. The summed E-state index contributed by atoms with van der Waals surface area (Å²) in [7, 11) is 0. The minimum Gasteiger partial charge on any atom is -0.368 e. The third-order valence-corrected chi connectivity index (χ3v) is 4.62. The Bertz CT molecular complexity index is 740. The molecular formula is C18H17Cl2NO2. The second-order valence-corrected chi connectivity index (χ2v) is 6.48. The van der Waals surface area contributed by atoms with Crippen molar-refractivity contribution >= 4 is 34.8 Å². The molecule has 3 nitrogen and oxygen atoms in total. The first kappa shape index (κ1) is 16.3. The second-order valence-electron chi connectivity index (χ2n) is 5.67. The van der Waals surface area contributed by atoms with Gasteiger partial charge in [0.25, 0.3) is 5.91 Å². The number of aryl methyl sites for hydroxylation is 1. The number of rotatable bonds is 3. The summed E-state index contributed by atoms with van der Waals surface area (Å²) in [6, 6.07) is 11.3. The van der Waals surface area contributed by atoms with E-state index in [-0.39, 0.29) is 12.0 Å². The molecule has 2 aromatic rings. The number of nitrogens with one attached hydrogen (secondary N) is 1. The van der Waals surface area contributed by atoms with Gasteiger partial charge in [0.2, 0.25) is 0 Å². The molecule has 1 aliphatic heterocycles. The Kier molecular flexibility index (Phi) is 4.90. The van der Waals surface area contributed by atoms with Gasteiger partial charge in [-0.15, -0.1) is 0 Å². The second kappa shape index (κ2) is 6.91. The van der Waals surface area contributed by atoms with Gasteiger partial charge in [0, 0.05) is 17.9 Å². The SMILES string of the molecule is Cc1ccc(NC(=O)C2CCCO2)c(-c2ccc(Cl)c(Cl)c2)c1. The molecule has 1 atom stereocenters. The summed E-state index contributed by atoms with van der Waals surface area (Å²) in [6.07, 6.45) is 1.32. The van der Waals surface area contributed by atoms with E-state index in [1.54, 1.807) is 12.1 Å². The average Bonchev–Trinajstić information content (AvgIpc) is 3.06. The maximum Gasteiger partial charge on any atom is 0.253 e. The van der Waals surface area contributed by atoms with Gasteiger partial charge in [0.05, 0.1) is 10.0 Å². The number of halogens is 2. The van der Waals surface area contributed by atoms with Crippen molar-refractivity contribution in [2.24, 2.45) is 0 Å². The Labute approximate surface area is 145 Å². The molecular weight excluding hydrogens is 333 g/mol. The first-order valence-electron chi connectivity index (χ1n) is 7.53. The topological polar surface area (TPSA) is 38.3 Å². The molecule has 120 valence electrons. The Morgan fingerprint density at radius 2 is 2.00 bits per heavy atom. The van der Waals surface area contributed by atoms with Crippen molar-refractivity contribution in [1.29, 1.82) is 0 Å². The van der Waals surface area contributed by atoms with Crippen LogP contribution in [0.2, 0.25) is 10.0 Å². The summed E-state index contributed by atoms with van der Waals surface area (Å²) < 4.78 is 5.44. The molecule has 1 unspecified atom stereocenters. The lowest BCUT2D eigenvalue weighted by Crippen LogP contribution is -2.27. The van der Waals surface area contributed by atoms with Gasteiger partial charge in [-0.05, 0) is 49.6 Å². The van der Waals surface area contributed by atoms with E-state index in [2.05, 4.69) is 5.32 Å². The van der Waals surface area contributed by atoms with Crippen LogP contribution in [-0.2, 0) is 9.53 Å². The number of carbonyl (C=O) groups is 1. The Hall–Kier alpha value is -1.55. The number of benzene rings is 2. The van der Waals surface area contributed by atoms with Gasteiger partial charge in [-0.1, -0.05) is 40.9 Å². The standard InChI is InChI=1S/C18H17Cl2NO2/c1-11-4-7-16(21-18(22)17-3-2-8-23-17)13(9-11)12-5-6-14(19)15(20)10-12/h4-7,9-10,17H,2-3,8H2,1H3,(H,21,22). The molecule has 0 saturated carbocycles. The van der Waals surface area contributed by atoms with Crippen molar-refractivity contribution in [1.82, 2.24) is 0 Å². The zero-order valence-electron chi connectivity index (χ0n) is 12.7. The van der Waals surface area contributed by atoms with Crippen LogP contribution in [0.1, 0.15) is 18.4 Å². The smallest absolute Gasteiger partial charge is 0.253 e. The molecule has 1 fully saturated rings. The first-order chi connectivity index (χ1) is 11.0. The molecule has 1 saturated heterocycles. The predicted molar refractivity (Wildman–Crippen MR) is 94.2 cm³/mol. The molecule has 0 bridgehead atoms. The van der Waals surface area contributed by atoms with Crippen LogP contribution < -0.4 is 5.32 Å². The molecule has 1 amide bonds. The van der Waals surface area contributed by atoms with Gasteiger partial charge >= 0.3 is 0 Å². The van der Waals surface area contributed by atoms with E-state index in [0.29, 0.717) is 16.7 Å². The van der Waals surface area contributed by atoms with Crippen LogP contribution in [0.4, 0.5) is 5.69 Å². The van der Waals surface area contributed by atoms with Gasteiger partial charge < -0.3 is 10.1 Å². The van der Waals surface area contributed by atoms with E-state index in [1.165, 1.54) is 0 Å². The lowest BCUT2D eigenvalue weighted by Gasteiger charge is -2.15. The quantitative estimate of drug-likeness (QED) is 0.838. The van der Waals surface area contributed by atoms with Crippen molar-refractivity contribution in [3.05, 3.63) is 52.0 Å². The Morgan fingerprint density at radius 3 is 2.70 bits per heavy atom. The van der Waals surface area contributed by atoms with Crippen LogP contribution in [0.5, 0.6) is 0 Å². The fourth-order valence-electron chi connectivity index (χ4n) is 2.67. The van der Waals surface area contributed by atoms with Crippen LogP contribution in [0.15, 0.2) is 36.4 Å².